The van der Waals surface area contributed by atoms with Gasteiger partial charge in [0.2, 0.25) is 0 Å². The van der Waals surface area contributed by atoms with E-state index in [1.54, 1.807) is 7.11 Å². The Hall–Kier alpha value is -2.09. The van der Waals surface area contributed by atoms with E-state index in [1.165, 1.54) is 24.8 Å². The van der Waals surface area contributed by atoms with Gasteiger partial charge in [-0.2, -0.15) is 5.10 Å². The van der Waals surface area contributed by atoms with Crippen LogP contribution >= 0.6 is 0 Å². The van der Waals surface area contributed by atoms with Gasteiger partial charge >= 0.3 is 0 Å². The molecule has 1 aromatic heterocycles. The Kier molecular flexibility index (Phi) is 8.54. The van der Waals surface area contributed by atoms with Gasteiger partial charge in [-0.25, -0.2) is 0 Å². The van der Waals surface area contributed by atoms with Crippen molar-refractivity contribution in [2.75, 3.05) is 46.9 Å². The number of hydrogen-bond acceptors (Lipinski definition) is 6. The molecule has 166 valence electrons. The number of likely N-dealkylation sites (tertiary alicyclic amines) is 1. The van der Waals surface area contributed by atoms with Crippen molar-refractivity contribution in [1.82, 2.24) is 19.6 Å². The van der Waals surface area contributed by atoms with Crippen LogP contribution in [0.3, 0.4) is 0 Å². The summed E-state index contributed by atoms with van der Waals surface area (Å²) < 4.78 is 13.2. The molecule has 0 unspecified atom stereocenters. The summed E-state index contributed by atoms with van der Waals surface area (Å²) in [5.74, 6) is 1.38. The molecule has 2 aromatic rings. The topological polar surface area (TPSA) is 63.0 Å². The van der Waals surface area contributed by atoms with Gasteiger partial charge in [-0.15, -0.1) is 0 Å². The molecule has 2 heterocycles. The average molecular weight is 417 g/mol. The van der Waals surface area contributed by atoms with Crippen molar-refractivity contribution in [3.05, 3.63) is 41.7 Å². The molecule has 0 bridgehead atoms. The molecule has 0 saturated carbocycles. The Balaban J connectivity index is 1.50. The van der Waals surface area contributed by atoms with Crippen LogP contribution in [0, 0.1) is 0 Å². The predicted molar refractivity (Wildman–Crippen MR) is 118 cm³/mol. The second kappa shape index (κ2) is 11.3. The Bertz CT molecular complexity index is 774. The summed E-state index contributed by atoms with van der Waals surface area (Å²) in [4.78, 5) is 4.60. The van der Waals surface area contributed by atoms with Crippen LogP contribution in [0.2, 0.25) is 0 Å². The molecule has 1 atom stereocenters. The fourth-order valence-electron chi connectivity index (χ4n) is 3.92. The number of β-amino-alcohol motifs (C(OH)–C–C–N with tert-alkyl or cyclic N) is 1. The lowest BCUT2D eigenvalue weighted by atomic mass is 10.1. The third kappa shape index (κ3) is 7.00. The number of piperidine rings is 1. The van der Waals surface area contributed by atoms with Crippen LogP contribution < -0.4 is 9.47 Å². The predicted octanol–water partition coefficient (Wildman–Crippen LogP) is 2.33. The second-order valence-electron chi connectivity index (χ2n) is 8.32. The smallest absolute Gasteiger partial charge is 0.161 e. The van der Waals surface area contributed by atoms with E-state index >= 15 is 0 Å². The summed E-state index contributed by atoms with van der Waals surface area (Å²) in [6, 6.07) is 6.03. The van der Waals surface area contributed by atoms with E-state index in [-0.39, 0.29) is 6.61 Å². The van der Waals surface area contributed by atoms with Gasteiger partial charge in [-0.3, -0.25) is 4.68 Å². The molecule has 7 nitrogen and oxygen atoms in total. The van der Waals surface area contributed by atoms with Gasteiger partial charge in [0.25, 0.3) is 0 Å². The SMILES string of the molecule is COc1ccc(CN(C)CCc2cnn(C)c2)cc1OC[C@@H](O)CN1CCCCC1. The number of likely N-dealkylation sites (N-methyl/N-ethyl adjacent to an activating group) is 1. The standard InChI is InChI=1S/C23H36N4O3/c1-25(12-9-20-14-24-26(2)16-20)15-19-7-8-22(29-3)23(13-19)30-18-21(28)17-27-10-5-4-6-11-27/h7-8,13-14,16,21,28H,4-6,9-12,15,17-18H2,1-3H3/t21-/m0/s1. The zero-order valence-corrected chi connectivity index (χ0v) is 18.6. The molecule has 0 spiro atoms. The van der Waals surface area contributed by atoms with Gasteiger partial charge in [0.15, 0.2) is 11.5 Å². The first-order valence-electron chi connectivity index (χ1n) is 10.9. The number of aryl methyl sites for hydroxylation is 1. The van der Waals surface area contributed by atoms with Crippen molar-refractivity contribution < 1.29 is 14.6 Å². The highest BCUT2D eigenvalue weighted by Gasteiger charge is 2.16. The summed E-state index contributed by atoms with van der Waals surface area (Å²) in [7, 11) is 5.70. The number of ether oxygens (including phenoxy) is 2. The van der Waals surface area contributed by atoms with Gasteiger partial charge in [-0.1, -0.05) is 12.5 Å². The molecule has 0 aliphatic carbocycles. The molecular weight excluding hydrogens is 380 g/mol. The van der Waals surface area contributed by atoms with Crippen molar-refractivity contribution in [3.8, 4) is 11.5 Å². The molecule has 3 rings (SSSR count). The van der Waals surface area contributed by atoms with Crippen molar-refractivity contribution in [2.45, 2.75) is 38.3 Å². The summed E-state index contributed by atoms with van der Waals surface area (Å²) in [5, 5.41) is 14.6. The lowest BCUT2D eigenvalue weighted by Crippen LogP contribution is -2.38. The monoisotopic (exact) mass is 416 g/mol. The van der Waals surface area contributed by atoms with E-state index in [4.69, 9.17) is 9.47 Å². The number of aliphatic hydroxyl groups is 1. The zero-order chi connectivity index (χ0) is 21.3. The lowest BCUT2D eigenvalue weighted by Gasteiger charge is -2.28. The molecule has 1 fully saturated rings. The maximum absolute atomic E-state index is 10.4. The van der Waals surface area contributed by atoms with Crippen LogP contribution in [0.4, 0.5) is 0 Å². The minimum absolute atomic E-state index is 0.271. The molecule has 7 heteroatoms. The highest BCUT2D eigenvalue weighted by Crippen LogP contribution is 2.28. The number of benzene rings is 1. The van der Waals surface area contributed by atoms with Crippen molar-refractivity contribution in [2.24, 2.45) is 7.05 Å². The van der Waals surface area contributed by atoms with E-state index < -0.39 is 6.10 Å². The highest BCUT2D eigenvalue weighted by molar-refractivity contribution is 5.43. The van der Waals surface area contributed by atoms with Gasteiger partial charge < -0.3 is 24.4 Å². The second-order valence-corrected chi connectivity index (χ2v) is 8.32. The van der Waals surface area contributed by atoms with Gasteiger partial charge in [-0.05, 0) is 62.7 Å². The lowest BCUT2D eigenvalue weighted by molar-refractivity contribution is 0.0608. The molecular formula is C23H36N4O3. The number of aliphatic hydroxyl groups excluding tert-OH is 1. The van der Waals surface area contributed by atoms with E-state index in [2.05, 4.69) is 34.2 Å². The highest BCUT2D eigenvalue weighted by atomic mass is 16.5. The Morgan fingerprint density at radius 3 is 2.67 bits per heavy atom. The normalized spacial score (nSPS) is 16.0. The summed E-state index contributed by atoms with van der Waals surface area (Å²) >= 11 is 0. The van der Waals surface area contributed by atoms with Gasteiger partial charge in [0.05, 0.1) is 13.3 Å². The average Bonchev–Trinajstić information content (AvgIpc) is 3.17. The van der Waals surface area contributed by atoms with Crippen molar-refractivity contribution in [3.63, 3.8) is 0 Å². The summed E-state index contributed by atoms with van der Waals surface area (Å²) in [6.07, 6.45) is 8.18. The third-order valence-electron chi connectivity index (χ3n) is 5.57. The number of methoxy groups -OCH3 is 1. The van der Waals surface area contributed by atoms with Crippen LogP contribution in [0.1, 0.15) is 30.4 Å². The fraction of sp³-hybridized carbons (Fsp3) is 0.609. The number of hydrogen-bond donors (Lipinski definition) is 1. The number of aromatic nitrogens is 2. The van der Waals surface area contributed by atoms with Crippen LogP contribution in [0.15, 0.2) is 30.6 Å². The molecule has 30 heavy (non-hydrogen) atoms. The Morgan fingerprint density at radius 1 is 1.17 bits per heavy atom. The first-order valence-corrected chi connectivity index (χ1v) is 10.9. The van der Waals surface area contributed by atoms with Crippen LogP contribution in [-0.4, -0.2) is 77.7 Å². The minimum atomic E-state index is -0.501. The maximum atomic E-state index is 10.4. The van der Waals surface area contributed by atoms with Gasteiger partial charge in [0, 0.05) is 32.9 Å². The number of rotatable bonds is 11. The van der Waals surface area contributed by atoms with E-state index in [9.17, 15) is 5.11 Å². The van der Waals surface area contributed by atoms with Crippen LogP contribution in [0.25, 0.3) is 0 Å². The Labute approximate surface area is 180 Å². The summed E-state index contributed by atoms with van der Waals surface area (Å²) in [6.45, 7) is 4.84. The van der Waals surface area contributed by atoms with Crippen molar-refractivity contribution in [1.29, 1.82) is 0 Å². The maximum Gasteiger partial charge on any atom is 0.161 e. The first-order chi connectivity index (χ1) is 14.5. The minimum Gasteiger partial charge on any atom is -0.493 e. The molecule has 1 aliphatic heterocycles. The zero-order valence-electron chi connectivity index (χ0n) is 18.6. The fourth-order valence-corrected chi connectivity index (χ4v) is 3.92. The van der Waals surface area contributed by atoms with Crippen molar-refractivity contribution >= 4 is 0 Å². The third-order valence-corrected chi connectivity index (χ3v) is 5.57. The summed E-state index contributed by atoms with van der Waals surface area (Å²) in [5.41, 5.74) is 2.40. The van der Waals surface area contributed by atoms with Gasteiger partial charge in [0.1, 0.15) is 12.7 Å². The van der Waals surface area contributed by atoms with E-state index in [0.717, 1.165) is 38.2 Å². The largest absolute Gasteiger partial charge is 0.493 e. The molecule has 1 N–H and O–H groups in total. The first kappa shape index (κ1) is 22.6. The quantitative estimate of drug-likeness (QED) is 0.607. The molecule has 0 radical (unpaired) electrons. The molecule has 0 amide bonds. The van der Waals surface area contributed by atoms with E-state index in [0.29, 0.717) is 18.0 Å². The Morgan fingerprint density at radius 2 is 1.97 bits per heavy atom. The molecule has 1 aliphatic rings. The van der Waals surface area contributed by atoms with Crippen LogP contribution in [0.5, 0.6) is 11.5 Å². The van der Waals surface area contributed by atoms with E-state index in [1.807, 2.05) is 30.1 Å². The number of nitrogens with zero attached hydrogens (tertiary/aromatic N) is 4. The van der Waals surface area contributed by atoms with Crippen LogP contribution in [-0.2, 0) is 20.0 Å². The molecule has 1 aromatic carbocycles. The molecule has 1 saturated heterocycles.